The number of aromatic nitrogens is 2. The Morgan fingerprint density at radius 1 is 1.26 bits per heavy atom. The van der Waals surface area contributed by atoms with Gasteiger partial charge in [0, 0.05) is 44.0 Å². The van der Waals surface area contributed by atoms with Crippen molar-refractivity contribution in [3.8, 4) is 5.88 Å². The summed E-state index contributed by atoms with van der Waals surface area (Å²) in [5.74, 6) is 1.51. The third-order valence-corrected chi connectivity index (χ3v) is 4.51. The summed E-state index contributed by atoms with van der Waals surface area (Å²) in [7, 11) is 0. The van der Waals surface area contributed by atoms with Gasteiger partial charge in [0.05, 0.1) is 6.61 Å². The van der Waals surface area contributed by atoms with Crippen LogP contribution in [-0.2, 0) is 4.79 Å². The first kappa shape index (κ1) is 15.8. The van der Waals surface area contributed by atoms with E-state index in [1.807, 2.05) is 11.8 Å². The molecule has 1 fully saturated rings. The van der Waals surface area contributed by atoms with E-state index in [2.05, 4.69) is 21.8 Å². The van der Waals surface area contributed by atoms with Crippen LogP contribution in [0.15, 0.2) is 23.4 Å². The summed E-state index contributed by atoms with van der Waals surface area (Å²) in [6.45, 7) is 7.57. The van der Waals surface area contributed by atoms with Crippen molar-refractivity contribution in [2.75, 3.05) is 37.7 Å². The topological polar surface area (TPSA) is 58.6 Å². The second kappa shape index (κ2) is 6.98. The summed E-state index contributed by atoms with van der Waals surface area (Å²) in [6.07, 6.45) is 4.84. The number of anilines is 1. The number of carbonyl (C=O) groups is 1. The Balaban J connectivity index is 1.61. The lowest BCUT2D eigenvalue weighted by Gasteiger charge is -2.35. The molecule has 1 amide bonds. The average molecular weight is 316 g/mol. The van der Waals surface area contributed by atoms with Crippen LogP contribution in [0.1, 0.15) is 33.1 Å². The van der Waals surface area contributed by atoms with E-state index in [0.29, 0.717) is 18.4 Å². The molecule has 0 atom stereocenters. The van der Waals surface area contributed by atoms with Crippen LogP contribution < -0.4 is 9.64 Å². The van der Waals surface area contributed by atoms with Crippen molar-refractivity contribution in [2.45, 2.75) is 33.1 Å². The number of allylic oxidation sites excluding steroid dienone is 1. The lowest BCUT2D eigenvalue weighted by Crippen LogP contribution is -2.49. The molecule has 1 aromatic rings. The van der Waals surface area contributed by atoms with Crippen LogP contribution in [0.5, 0.6) is 5.88 Å². The van der Waals surface area contributed by atoms with Gasteiger partial charge in [0.25, 0.3) is 0 Å². The molecule has 0 aromatic carbocycles. The van der Waals surface area contributed by atoms with E-state index in [1.165, 1.54) is 5.57 Å². The second-order valence-electron chi connectivity index (χ2n) is 6.02. The van der Waals surface area contributed by atoms with Gasteiger partial charge in [-0.15, -0.1) is 0 Å². The Morgan fingerprint density at radius 3 is 2.70 bits per heavy atom. The molecule has 1 aliphatic carbocycles. The number of carbonyl (C=O) groups excluding carboxylic acids is 1. The van der Waals surface area contributed by atoms with Gasteiger partial charge >= 0.3 is 0 Å². The van der Waals surface area contributed by atoms with Crippen molar-refractivity contribution in [1.29, 1.82) is 0 Å². The zero-order valence-electron chi connectivity index (χ0n) is 13.9. The minimum Gasteiger partial charge on any atom is -0.478 e. The standard InChI is InChI=1S/C17H24N4O2/c1-3-23-15-7-8-18-17(19-15)21-11-9-20(10-12-21)16(22)14-6-4-5-13(14)2/h7-8H,3-6,9-12H2,1-2H3. The molecular formula is C17H24N4O2. The lowest BCUT2D eigenvalue weighted by atomic mass is 10.1. The molecule has 1 aromatic heterocycles. The quantitative estimate of drug-likeness (QED) is 0.850. The summed E-state index contributed by atoms with van der Waals surface area (Å²) >= 11 is 0. The Labute approximate surface area is 137 Å². The van der Waals surface area contributed by atoms with Gasteiger partial charge in [0.2, 0.25) is 17.7 Å². The van der Waals surface area contributed by atoms with E-state index in [1.54, 1.807) is 12.3 Å². The first-order valence-corrected chi connectivity index (χ1v) is 8.37. The molecule has 1 saturated heterocycles. The van der Waals surface area contributed by atoms with Crippen LogP contribution >= 0.6 is 0 Å². The summed E-state index contributed by atoms with van der Waals surface area (Å²) in [5.41, 5.74) is 2.30. The van der Waals surface area contributed by atoms with Crippen LogP contribution in [0.3, 0.4) is 0 Å². The highest BCUT2D eigenvalue weighted by Gasteiger charge is 2.27. The number of hydrogen-bond donors (Lipinski definition) is 0. The van der Waals surface area contributed by atoms with Crippen LogP contribution in [-0.4, -0.2) is 53.6 Å². The predicted octanol–water partition coefficient (Wildman–Crippen LogP) is 2.02. The molecule has 6 heteroatoms. The molecular weight excluding hydrogens is 292 g/mol. The molecule has 0 unspecified atom stereocenters. The summed E-state index contributed by atoms with van der Waals surface area (Å²) in [5, 5.41) is 0. The molecule has 2 heterocycles. The second-order valence-corrected chi connectivity index (χ2v) is 6.02. The van der Waals surface area contributed by atoms with Crippen molar-refractivity contribution in [3.05, 3.63) is 23.4 Å². The van der Waals surface area contributed by atoms with Gasteiger partial charge in [-0.25, -0.2) is 4.98 Å². The zero-order chi connectivity index (χ0) is 16.2. The highest BCUT2D eigenvalue weighted by molar-refractivity contribution is 5.94. The SMILES string of the molecule is CCOc1ccnc(N2CCN(C(=O)C3=C(C)CCC3)CC2)n1. The van der Waals surface area contributed by atoms with E-state index in [4.69, 9.17) is 4.74 Å². The van der Waals surface area contributed by atoms with Crippen molar-refractivity contribution in [1.82, 2.24) is 14.9 Å². The molecule has 0 spiro atoms. The summed E-state index contributed by atoms with van der Waals surface area (Å²) < 4.78 is 5.43. The zero-order valence-corrected chi connectivity index (χ0v) is 13.9. The first-order valence-electron chi connectivity index (χ1n) is 8.37. The molecule has 3 rings (SSSR count). The van der Waals surface area contributed by atoms with Gasteiger partial charge in [-0.2, -0.15) is 4.98 Å². The monoisotopic (exact) mass is 316 g/mol. The van der Waals surface area contributed by atoms with Crippen molar-refractivity contribution in [3.63, 3.8) is 0 Å². The molecule has 0 radical (unpaired) electrons. The molecule has 1 aliphatic heterocycles. The Hall–Kier alpha value is -2.11. The van der Waals surface area contributed by atoms with E-state index < -0.39 is 0 Å². The Bertz CT molecular complexity index is 606. The van der Waals surface area contributed by atoms with Crippen LogP contribution in [0, 0.1) is 0 Å². The molecule has 124 valence electrons. The third kappa shape index (κ3) is 3.46. The molecule has 2 aliphatic rings. The van der Waals surface area contributed by atoms with Gasteiger partial charge in [-0.05, 0) is 33.1 Å². The van der Waals surface area contributed by atoms with E-state index in [-0.39, 0.29) is 5.91 Å². The first-order chi connectivity index (χ1) is 11.2. The van der Waals surface area contributed by atoms with Crippen LogP contribution in [0.2, 0.25) is 0 Å². The number of nitrogens with zero attached hydrogens (tertiary/aromatic N) is 4. The van der Waals surface area contributed by atoms with Crippen LogP contribution in [0.4, 0.5) is 5.95 Å². The highest BCUT2D eigenvalue weighted by atomic mass is 16.5. The highest BCUT2D eigenvalue weighted by Crippen LogP contribution is 2.27. The number of rotatable bonds is 4. The average Bonchev–Trinajstić information content (AvgIpc) is 3.01. The lowest BCUT2D eigenvalue weighted by molar-refractivity contribution is -0.127. The predicted molar refractivity (Wildman–Crippen MR) is 88.5 cm³/mol. The fourth-order valence-electron chi connectivity index (χ4n) is 3.20. The van der Waals surface area contributed by atoms with E-state index in [0.717, 1.165) is 51.0 Å². The summed E-state index contributed by atoms with van der Waals surface area (Å²) in [4.78, 5) is 25.4. The van der Waals surface area contributed by atoms with Crippen molar-refractivity contribution >= 4 is 11.9 Å². The van der Waals surface area contributed by atoms with Gasteiger partial charge in [0.15, 0.2) is 0 Å². The van der Waals surface area contributed by atoms with Crippen molar-refractivity contribution in [2.24, 2.45) is 0 Å². The maximum Gasteiger partial charge on any atom is 0.249 e. The number of amides is 1. The van der Waals surface area contributed by atoms with Gasteiger partial charge < -0.3 is 14.5 Å². The molecule has 0 saturated carbocycles. The van der Waals surface area contributed by atoms with E-state index >= 15 is 0 Å². The van der Waals surface area contributed by atoms with Crippen molar-refractivity contribution < 1.29 is 9.53 Å². The van der Waals surface area contributed by atoms with Gasteiger partial charge in [-0.1, -0.05) is 5.57 Å². The van der Waals surface area contributed by atoms with Gasteiger partial charge in [-0.3, -0.25) is 4.79 Å². The maximum absolute atomic E-state index is 12.6. The molecule has 0 N–H and O–H groups in total. The normalized spacial score (nSPS) is 18.5. The third-order valence-electron chi connectivity index (χ3n) is 4.51. The van der Waals surface area contributed by atoms with E-state index in [9.17, 15) is 4.79 Å². The molecule has 0 bridgehead atoms. The number of hydrogen-bond acceptors (Lipinski definition) is 5. The minimum atomic E-state index is 0.226. The fraction of sp³-hybridized carbons (Fsp3) is 0.588. The number of ether oxygens (including phenoxy) is 1. The Morgan fingerprint density at radius 2 is 2.04 bits per heavy atom. The van der Waals surface area contributed by atoms with Gasteiger partial charge in [0.1, 0.15) is 0 Å². The fourth-order valence-corrected chi connectivity index (χ4v) is 3.20. The molecule has 23 heavy (non-hydrogen) atoms. The largest absolute Gasteiger partial charge is 0.478 e. The maximum atomic E-state index is 12.6. The van der Waals surface area contributed by atoms with Crippen LogP contribution in [0.25, 0.3) is 0 Å². The number of piperazine rings is 1. The minimum absolute atomic E-state index is 0.226. The smallest absolute Gasteiger partial charge is 0.249 e. The molecule has 6 nitrogen and oxygen atoms in total. The Kier molecular flexibility index (Phi) is 4.79. The summed E-state index contributed by atoms with van der Waals surface area (Å²) in [6, 6.07) is 1.77.